The van der Waals surface area contributed by atoms with E-state index < -0.39 is 6.61 Å². The predicted molar refractivity (Wildman–Crippen MR) is 61.4 cm³/mol. The third-order valence-electron chi connectivity index (χ3n) is 2.51. The van der Waals surface area contributed by atoms with Gasteiger partial charge in [0.2, 0.25) is 5.88 Å². The van der Waals surface area contributed by atoms with Crippen LogP contribution in [0.25, 0.3) is 11.0 Å². The molecule has 17 heavy (non-hydrogen) atoms. The molecular weight excluding hydrogens is 226 g/mol. The topological polar surface area (TPSA) is 37.9 Å². The molecule has 2 rings (SSSR count). The molecule has 5 heteroatoms. The monoisotopic (exact) mass is 240 g/mol. The number of nitrogens with zero attached hydrogens (tertiary/aromatic N) is 1. The van der Waals surface area contributed by atoms with Gasteiger partial charge in [0, 0.05) is 17.1 Å². The van der Waals surface area contributed by atoms with Crippen LogP contribution in [-0.4, -0.2) is 16.6 Å². The average Bonchev–Trinajstić information content (AvgIpc) is 2.60. The molecule has 3 nitrogen and oxygen atoms in total. The Hall–Kier alpha value is -1.65. The molecule has 0 radical (unpaired) electrons. The van der Waals surface area contributed by atoms with Crippen LogP contribution in [-0.2, 0) is 5.41 Å². The van der Waals surface area contributed by atoms with E-state index in [0.717, 1.165) is 5.39 Å². The van der Waals surface area contributed by atoms with Crippen LogP contribution >= 0.6 is 0 Å². The van der Waals surface area contributed by atoms with Gasteiger partial charge < -0.3 is 9.72 Å². The smallest absolute Gasteiger partial charge is 0.388 e. The van der Waals surface area contributed by atoms with Crippen LogP contribution in [0.4, 0.5) is 8.78 Å². The number of nitrogens with one attached hydrogen (secondary N) is 1. The number of aromatic nitrogens is 2. The molecule has 0 aliphatic carbocycles. The molecule has 0 fully saturated rings. The molecule has 0 amide bonds. The molecule has 92 valence electrons. The Bertz CT molecular complexity index is 529. The number of pyridine rings is 1. The van der Waals surface area contributed by atoms with E-state index in [4.69, 9.17) is 0 Å². The largest absolute Gasteiger partial charge is 0.417 e. The quantitative estimate of drug-likeness (QED) is 0.872. The standard InChI is InChI=1S/C12H14F2N2O/c1-12(2,3)8-6-7-4-5-15-9(7)16-10(8)17-11(13)14/h4-6,11H,1-3H3,(H,15,16). The molecule has 2 heterocycles. The fraction of sp³-hybridized carbons (Fsp3) is 0.417. The van der Waals surface area contributed by atoms with Gasteiger partial charge >= 0.3 is 6.61 Å². The predicted octanol–water partition coefficient (Wildman–Crippen LogP) is 3.46. The Morgan fingerprint density at radius 1 is 1.35 bits per heavy atom. The van der Waals surface area contributed by atoms with Crippen LogP contribution in [0.15, 0.2) is 18.3 Å². The van der Waals surface area contributed by atoms with Gasteiger partial charge in [0.25, 0.3) is 0 Å². The summed E-state index contributed by atoms with van der Waals surface area (Å²) in [4.78, 5) is 6.96. The summed E-state index contributed by atoms with van der Waals surface area (Å²) < 4.78 is 29.2. The molecule has 0 aliphatic rings. The van der Waals surface area contributed by atoms with E-state index in [9.17, 15) is 8.78 Å². The molecule has 0 saturated carbocycles. The number of ether oxygens (including phenoxy) is 1. The van der Waals surface area contributed by atoms with Crippen molar-refractivity contribution in [1.82, 2.24) is 9.97 Å². The lowest BCUT2D eigenvalue weighted by molar-refractivity contribution is -0.0537. The van der Waals surface area contributed by atoms with Crippen molar-refractivity contribution in [3.8, 4) is 5.88 Å². The second kappa shape index (κ2) is 3.98. The van der Waals surface area contributed by atoms with Crippen LogP contribution in [0.3, 0.4) is 0 Å². The van der Waals surface area contributed by atoms with Gasteiger partial charge in [-0.1, -0.05) is 20.8 Å². The van der Waals surface area contributed by atoms with Crippen molar-refractivity contribution in [2.24, 2.45) is 0 Å². The highest BCUT2D eigenvalue weighted by atomic mass is 19.3. The summed E-state index contributed by atoms with van der Waals surface area (Å²) in [6.07, 6.45) is 1.72. The number of fused-ring (bicyclic) bond motifs is 1. The third kappa shape index (κ3) is 2.38. The van der Waals surface area contributed by atoms with E-state index >= 15 is 0 Å². The normalized spacial score (nSPS) is 12.4. The second-order valence-electron chi connectivity index (χ2n) is 4.89. The Labute approximate surface area is 97.8 Å². The summed E-state index contributed by atoms with van der Waals surface area (Å²) >= 11 is 0. The molecule has 0 aliphatic heterocycles. The zero-order chi connectivity index (χ0) is 12.6. The second-order valence-corrected chi connectivity index (χ2v) is 4.89. The number of hydrogen-bond acceptors (Lipinski definition) is 2. The number of halogens is 2. The lowest BCUT2D eigenvalue weighted by atomic mass is 9.87. The number of hydrogen-bond donors (Lipinski definition) is 1. The van der Waals surface area contributed by atoms with Crippen molar-refractivity contribution >= 4 is 11.0 Å². The van der Waals surface area contributed by atoms with E-state index in [2.05, 4.69) is 14.7 Å². The first kappa shape index (κ1) is 11.8. The van der Waals surface area contributed by atoms with Crippen LogP contribution in [0, 0.1) is 0 Å². The summed E-state index contributed by atoms with van der Waals surface area (Å²) in [5, 5.41) is 0.886. The number of H-pyrrole nitrogens is 1. The van der Waals surface area contributed by atoms with Crippen molar-refractivity contribution in [2.45, 2.75) is 32.8 Å². The van der Waals surface area contributed by atoms with E-state index in [1.807, 2.05) is 32.9 Å². The van der Waals surface area contributed by atoms with Crippen LogP contribution in [0.2, 0.25) is 0 Å². The minimum absolute atomic E-state index is 0.0116. The minimum Gasteiger partial charge on any atom is -0.417 e. The van der Waals surface area contributed by atoms with Gasteiger partial charge in [-0.2, -0.15) is 13.8 Å². The van der Waals surface area contributed by atoms with Gasteiger partial charge in [0.1, 0.15) is 5.65 Å². The number of rotatable bonds is 2. The summed E-state index contributed by atoms with van der Waals surface area (Å²) in [5.41, 5.74) is 0.918. The van der Waals surface area contributed by atoms with Crippen LogP contribution < -0.4 is 4.74 Å². The maximum atomic E-state index is 12.3. The van der Waals surface area contributed by atoms with Crippen LogP contribution in [0.1, 0.15) is 26.3 Å². The summed E-state index contributed by atoms with van der Waals surface area (Å²) in [7, 11) is 0. The minimum atomic E-state index is -2.86. The van der Waals surface area contributed by atoms with Crippen molar-refractivity contribution in [3.05, 3.63) is 23.9 Å². The zero-order valence-electron chi connectivity index (χ0n) is 9.92. The van der Waals surface area contributed by atoms with Gasteiger partial charge in [0.15, 0.2) is 0 Å². The molecule has 0 bridgehead atoms. The van der Waals surface area contributed by atoms with Crippen molar-refractivity contribution in [1.29, 1.82) is 0 Å². The number of aromatic amines is 1. The maximum absolute atomic E-state index is 12.3. The molecule has 0 saturated heterocycles. The lowest BCUT2D eigenvalue weighted by Gasteiger charge is -2.21. The molecule has 1 N–H and O–H groups in total. The first-order valence-electron chi connectivity index (χ1n) is 5.31. The van der Waals surface area contributed by atoms with Crippen LogP contribution in [0.5, 0.6) is 5.88 Å². The van der Waals surface area contributed by atoms with Gasteiger partial charge in [-0.15, -0.1) is 0 Å². The maximum Gasteiger partial charge on any atom is 0.388 e. The molecule has 0 atom stereocenters. The SMILES string of the molecule is CC(C)(C)c1cc2cc[nH]c2nc1OC(F)F. The third-order valence-corrected chi connectivity index (χ3v) is 2.51. The zero-order valence-corrected chi connectivity index (χ0v) is 9.92. The molecular formula is C12H14F2N2O. The first-order valence-corrected chi connectivity index (χ1v) is 5.31. The molecule has 2 aromatic rings. The van der Waals surface area contributed by atoms with Crippen molar-refractivity contribution in [2.75, 3.05) is 0 Å². The highest BCUT2D eigenvalue weighted by molar-refractivity contribution is 5.77. The highest BCUT2D eigenvalue weighted by Gasteiger charge is 2.23. The fourth-order valence-corrected chi connectivity index (χ4v) is 1.68. The fourth-order valence-electron chi connectivity index (χ4n) is 1.68. The molecule has 0 spiro atoms. The Balaban J connectivity index is 2.59. The summed E-state index contributed by atoms with van der Waals surface area (Å²) in [5.74, 6) is -0.0116. The average molecular weight is 240 g/mol. The van der Waals surface area contributed by atoms with Crippen molar-refractivity contribution < 1.29 is 13.5 Å². The van der Waals surface area contributed by atoms with Gasteiger partial charge in [-0.3, -0.25) is 0 Å². The van der Waals surface area contributed by atoms with Gasteiger partial charge in [-0.05, 0) is 17.5 Å². The van der Waals surface area contributed by atoms with E-state index in [1.54, 1.807) is 6.20 Å². The molecule has 0 aromatic carbocycles. The van der Waals surface area contributed by atoms with Crippen molar-refractivity contribution in [3.63, 3.8) is 0 Å². The van der Waals surface area contributed by atoms with E-state index in [0.29, 0.717) is 11.2 Å². The lowest BCUT2D eigenvalue weighted by Crippen LogP contribution is -2.16. The van der Waals surface area contributed by atoms with Gasteiger partial charge in [-0.25, -0.2) is 0 Å². The van der Waals surface area contributed by atoms with Gasteiger partial charge in [0.05, 0.1) is 0 Å². The Kier molecular flexibility index (Phi) is 2.77. The van der Waals surface area contributed by atoms with E-state index in [-0.39, 0.29) is 11.3 Å². The molecule has 0 unspecified atom stereocenters. The molecule has 2 aromatic heterocycles. The summed E-state index contributed by atoms with van der Waals surface area (Å²) in [6.45, 7) is 2.93. The number of alkyl halides is 2. The highest BCUT2D eigenvalue weighted by Crippen LogP contribution is 2.33. The Morgan fingerprint density at radius 3 is 2.65 bits per heavy atom. The Morgan fingerprint density at radius 2 is 2.06 bits per heavy atom. The summed E-state index contributed by atoms with van der Waals surface area (Å²) in [6, 6.07) is 3.68. The van der Waals surface area contributed by atoms with E-state index in [1.165, 1.54) is 0 Å². The first-order chi connectivity index (χ1) is 7.88.